The number of carbonyl (C=O) groups is 2. The Morgan fingerprint density at radius 2 is 1.88 bits per heavy atom. The van der Waals surface area contributed by atoms with Gasteiger partial charge in [-0.25, -0.2) is 0 Å². The van der Waals surface area contributed by atoms with Crippen LogP contribution in [0.5, 0.6) is 0 Å². The summed E-state index contributed by atoms with van der Waals surface area (Å²) in [7, 11) is 0. The molecule has 0 saturated carbocycles. The van der Waals surface area contributed by atoms with E-state index in [1.807, 2.05) is 5.32 Å². The Bertz CT molecular complexity index is 266. The van der Waals surface area contributed by atoms with Gasteiger partial charge in [-0.15, -0.1) is 0 Å². The van der Waals surface area contributed by atoms with Crippen molar-refractivity contribution < 1.29 is 32.6 Å². The van der Waals surface area contributed by atoms with Gasteiger partial charge in [-0.1, -0.05) is 0 Å². The number of hydrogen-bond acceptors (Lipinski definition) is 3. The maximum absolute atomic E-state index is 11.7. The van der Waals surface area contributed by atoms with Crippen molar-refractivity contribution in [3.8, 4) is 0 Å². The average Bonchev–Trinajstić information content (AvgIpc) is 2.12. The molecule has 94 valence electrons. The van der Waals surface area contributed by atoms with E-state index in [9.17, 15) is 22.8 Å². The summed E-state index contributed by atoms with van der Waals surface area (Å²) in [5, 5.41) is 10.4. The minimum Gasteiger partial charge on any atom is -0.480 e. The first kappa shape index (κ1) is 14.7. The van der Waals surface area contributed by atoms with Gasteiger partial charge in [0.2, 0.25) is 5.91 Å². The first-order valence-corrected chi connectivity index (χ1v) is 4.35. The Kier molecular flexibility index (Phi) is 5.22. The number of carboxylic acid groups (broad SMARTS) is 1. The van der Waals surface area contributed by atoms with Gasteiger partial charge in [-0.2, -0.15) is 13.2 Å². The van der Waals surface area contributed by atoms with E-state index in [0.29, 0.717) is 0 Å². The number of halogens is 3. The minimum absolute atomic E-state index is 0.904. The van der Waals surface area contributed by atoms with Gasteiger partial charge >= 0.3 is 12.1 Å². The number of alkyl halides is 3. The lowest BCUT2D eigenvalue weighted by molar-refractivity contribution is -0.186. The van der Waals surface area contributed by atoms with Crippen molar-refractivity contribution in [3.05, 3.63) is 0 Å². The molecule has 8 heteroatoms. The molecular formula is C8H12F3NO4. The third-order valence-electron chi connectivity index (χ3n) is 1.60. The van der Waals surface area contributed by atoms with Crippen molar-refractivity contribution >= 4 is 11.9 Å². The molecule has 0 saturated heterocycles. The van der Waals surface area contributed by atoms with Gasteiger partial charge in [0.15, 0.2) is 0 Å². The van der Waals surface area contributed by atoms with Crippen LogP contribution < -0.4 is 5.32 Å². The topological polar surface area (TPSA) is 75.6 Å². The van der Waals surface area contributed by atoms with Gasteiger partial charge in [0.1, 0.15) is 18.8 Å². The van der Waals surface area contributed by atoms with Crippen LogP contribution in [0.3, 0.4) is 0 Å². The molecule has 0 heterocycles. The Hall–Kier alpha value is -1.31. The molecule has 0 spiro atoms. The smallest absolute Gasteiger partial charge is 0.411 e. The average molecular weight is 243 g/mol. The summed E-state index contributed by atoms with van der Waals surface area (Å²) in [6, 6.07) is -1.18. The molecule has 0 rings (SSSR count). The molecule has 0 aromatic heterocycles. The second kappa shape index (κ2) is 5.69. The van der Waals surface area contributed by atoms with Gasteiger partial charge in [0, 0.05) is 0 Å². The lowest BCUT2D eigenvalue weighted by atomic mass is 10.3. The van der Waals surface area contributed by atoms with Crippen LogP contribution in [0.1, 0.15) is 13.8 Å². The second-order valence-corrected chi connectivity index (χ2v) is 3.14. The molecule has 0 aliphatic carbocycles. The van der Waals surface area contributed by atoms with Crippen molar-refractivity contribution in [2.75, 3.05) is 6.61 Å². The van der Waals surface area contributed by atoms with Crippen molar-refractivity contribution in [2.24, 2.45) is 0 Å². The summed E-state index contributed by atoms with van der Waals surface area (Å²) in [4.78, 5) is 21.4. The highest BCUT2D eigenvalue weighted by Gasteiger charge is 2.30. The molecule has 2 unspecified atom stereocenters. The standard InChI is InChI=1S/C8H12F3NO4/c1-4(7(14)15)12-6(13)5(2)16-3-8(9,10)11/h4-5H,3H2,1-2H3,(H,12,13)(H,14,15). The number of carbonyl (C=O) groups excluding carboxylic acids is 1. The zero-order valence-electron chi connectivity index (χ0n) is 8.67. The zero-order chi connectivity index (χ0) is 12.9. The largest absolute Gasteiger partial charge is 0.480 e. The second-order valence-electron chi connectivity index (χ2n) is 3.14. The molecule has 16 heavy (non-hydrogen) atoms. The fraction of sp³-hybridized carbons (Fsp3) is 0.750. The summed E-state index contributed by atoms with van der Waals surface area (Å²) in [5.74, 6) is -2.18. The van der Waals surface area contributed by atoms with E-state index >= 15 is 0 Å². The van der Waals surface area contributed by atoms with Crippen molar-refractivity contribution in [1.29, 1.82) is 0 Å². The predicted molar refractivity (Wildman–Crippen MR) is 46.7 cm³/mol. The molecule has 2 atom stereocenters. The molecule has 0 aromatic rings. The van der Waals surface area contributed by atoms with Crippen LogP contribution in [-0.2, 0) is 14.3 Å². The van der Waals surface area contributed by atoms with E-state index < -0.39 is 36.8 Å². The van der Waals surface area contributed by atoms with Crippen LogP contribution in [-0.4, -0.2) is 41.9 Å². The van der Waals surface area contributed by atoms with E-state index in [1.165, 1.54) is 6.92 Å². The summed E-state index contributed by atoms with van der Waals surface area (Å²) in [5.41, 5.74) is 0. The SMILES string of the molecule is CC(NC(=O)C(C)OCC(F)(F)F)C(=O)O. The van der Waals surface area contributed by atoms with Crippen LogP contribution in [0.4, 0.5) is 13.2 Å². The number of carboxylic acids is 1. The van der Waals surface area contributed by atoms with Crippen molar-refractivity contribution in [2.45, 2.75) is 32.2 Å². The van der Waals surface area contributed by atoms with E-state index in [1.54, 1.807) is 0 Å². The van der Waals surface area contributed by atoms with Gasteiger partial charge in [-0.05, 0) is 13.8 Å². The van der Waals surface area contributed by atoms with E-state index in [2.05, 4.69) is 4.74 Å². The normalized spacial score (nSPS) is 15.3. The maximum Gasteiger partial charge on any atom is 0.411 e. The maximum atomic E-state index is 11.7. The molecule has 0 aliphatic heterocycles. The number of hydrogen-bond donors (Lipinski definition) is 2. The molecule has 0 bridgehead atoms. The Morgan fingerprint density at radius 3 is 2.25 bits per heavy atom. The van der Waals surface area contributed by atoms with Crippen molar-refractivity contribution in [1.82, 2.24) is 5.32 Å². The number of aliphatic carboxylic acids is 1. The van der Waals surface area contributed by atoms with Crippen LogP contribution >= 0.6 is 0 Å². The monoisotopic (exact) mass is 243 g/mol. The summed E-state index contributed by atoms with van der Waals surface area (Å²) >= 11 is 0. The lowest BCUT2D eigenvalue weighted by Gasteiger charge is -2.16. The Labute approximate surface area is 89.6 Å². The number of amides is 1. The Morgan fingerprint density at radius 1 is 1.38 bits per heavy atom. The van der Waals surface area contributed by atoms with E-state index in [0.717, 1.165) is 6.92 Å². The molecular weight excluding hydrogens is 231 g/mol. The predicted octanol–water partition coefficient (Wildman–Crippen LogP) is 0.543. The van der Waals surface area contributed by atoms with Crippen LogP contribution in [0.25, 0.3) is 0 Å². The number of ether oxygens (including phenoxy) is 1. The lowest BCUT2D eigenvalue weighted by Crippen LogP contribution is -2.44. The van der Waals surface area contributed by atoms with Gasteiger partial charge in [0.05, 0.1) is 0 Å². The quantitative estimate of drug-likeness (QED) is 0.739. The first-order valence-electron chi connectivity index (χ1n) is 4.35. The zero-order valence-corrected chi connectivity index (χ0v) is 8.67. The van der Waals surface area contributed by atoms with Crippen LogP contribution in [0.2, 0.25) is 0 Å². The minimum atomic E-state index is -4.52. The highest BCUT2D eigenvalue weighted by molar-refractivity contribution is 5.85. The highest BCUT2D eigenvalue weighted by Crippen LogP contribution is 2.15. The fourth-order valence-corrected chi connectivity index (χ4v) is 0.688. The molecule has 5 nitrogen and oxygen atoms in total. The molecule has 0 aliphatic rings. The van der Waals surface area contributed by atoms with Crippen LogP contribution in [0.15, 0.2) is 0 Å². The summed E-state index contributed by atoms with van der Waals surface area (Å²) in [6.45, 7) is 0.745. The van der Waals surface area contributed by atoms with Crippen LogP contribution in [0, 0.1) is 0 Å². The summed E-state index contributed by atoms with van der Waals surface area (Å²) < 4.78 is 39.4. The fourth-order valence-electron chi connectivity index (χ4n) is 0.688. The number of nitrogens with one attached hydrogen (secondary N) is 1. The highest BCUT2D eigenvalue weighted by atomic mass is 19.4. The van der Waals surface area contributed by atoms with E-state index in [-0.39, 0.29) is 0 Å². The molecule has 0 fully saturated rings. The molecule has 0 aromatic carbocycles. The van der Waals surface area contributed by atoms with Gasteiger partial charge in [0.25, 0.3) is 0 Å². The Balaban J connectivity index is 4.05. The third kappa shape index (κ3) is 6.23. The first-order chi connectivity index (χ1) is 7.13. The number of rotatable bonds is 5. The third-order valence-corrected chi connectivity index (χ3v) is 1.60. The molecule has 1 amide bonds. The summed E-state index contributed by atoms with van der Waals surface area (Å²) in [6.07, 6.45) is -5.88. The molecule has 0 radical (unpaired) electrons. The van der Waals surface area contributed by atoms with Crippen molar-refractivity contribution in [3.63, 3.8) is 0 Å². The van der Waals surface area contributed by atoms with E-state index in [4.69, 9.17) is 5.11 Å². The van der Waals surface area contributed by atoms with Gasteiger partial charge < -0.3 is 15.2 Å². The molecule has 2 N–H and O–H groups in total. The van der Waals surface area contributed by atoms with Gasteiger partial charge in [-0.3, -0.25) is 9.59 Å².